The molecule has 86 valence electrons. The molecular formula is C12H21NO2. The maximum Gasteiger partial charge on any atom is 0.249 e. The van der Waals surface area contributed by atoms with E-state index in [0.717, 1.165) is 37.9 Å². The molecule has 0 aromatic heterocycles. The van der Waals surface area contributed by atoms with Gasteiger partial charge in [-0.2, -0.15) is 0 Å². The van der Waals surface area contributed by atoms with Crippen molar-refractivity contribution in [2.45, 2.75) is 33.1 Å². The van der Waals surface area contributed by atoms with E-state index < -0.39 is 0 Å². The monoisotopic (exact) mass is 211 g/mol. The number of nitrogens with zero attached hydrogens (tertiary/aromatic N) is 1. The van der Waals surface area contributed by atoms with E-state index in [0.29, 0.717) is 5.92 Å². The normalized spacial score (nSPS) is 22.2. The van der Waals surface area contributed by atoms with Crippen LogP contribution in [0.2, 0.25) is 0 Å². The van der Waals surface area contributed by atoms with Crippen molar-refractivity contribution in [1.82, 2.24) is 4.90 Å². The van der Waals surface area contributed by atoms with Crippen molar-refractivity contribution in [3.05, 3.63) is 11.6 Å². The molecule has 0 saturated carbocycles. The predicted octanol–water partition coefficient (Wildman–Crippen LogP) is 1.57. The SMILES string of the molecule is CC/C=C(/C)C(=O)N1CCC(CCO)C1. The number of aliphatic hydroxyl groups is 1. The van der Waals surface area contributed by atoms with Crippen LogP contribution in [0.4, 0.5) is 0 Å². The summed E-state index contributed by atoms with van der Waals surface area (Å²) in [4.78, 5) is 13.8. The minimum absolute atomic E-state index is 0.164. The van der Waals surface area contributed by atoms with E-state index in [-0.39, 0.29) is 12.5 Å². The summed E-state index contributed by atoms with van der Waals surface area (Å²) >= 11 is 0. The second kappa shape index (κ2) is 5.91. The molecule has 0 spiro atoms. The summed E-state index contributed by atoms with van der Waals surface area (Å²) in [7, 11) is 0. The van der Waals surface area contributed by atoms with Gasteiger partial charge in [-0.15, -0.1) is 0 Å². The Morgan fingerprint density at radius 1 is 1.60 bits per heavy atom. The van der Waals surface area contributed by atoms with E-state index in [2.05, 4.69) is 0 Å². The van der Waals surface area contributed by atoms with Gasteiger partial charge in [-0.1, -0.05) is 13.0 Å². The van der Waals surface area contributed by atoms with Gasteiger partial charge in [-0.25, -0.2) is 0 Å². The maximum absolute atomic E-state index is 11.9. The van der Waals surface area contributed by atoms with E-state index in [1.807, 2.05) is 24.8 Å². The van der Waals surface area contributed by atoms with E-state index >= 15 is 0 Å². The second-order valence-electron chi connectivity index (χ2n) is 4.21. The molecule has 0 aromatic carbocycles. The fourth-order valence-corrected chi connectivity index (χ4v) is 2.08. The quantitative estimate of drug-likeness (QED) is 0.717. The van der Waals surface area contributed by atoms with Crippen LogP contribution in [0.25, 0.3) is 0 Å². The zero-order valence-corrected chi connectivity index (χ0v) is 9.70. The molecule has 1 aliphatic heterocycles. The van der Waals surface area contributed by atoms with Crippen molar-refractivity contribution in [1.29, 1.82) is 0 Å². The molecule has 1 aliphatic rings. The van der Waals surface area contributed by atoms with Crippen LogP contribution in [-0.4, -0.2) is 35.6 Å². The number of allylic oxidation sites excluding steroid dienone is 1. The van der Waals surface area contributed by atoms with Gasteiger partial charge in [-0.3, -0.25) is 4.79 Å². The highest BCUT2D eigenvalue weighted by molar-refractivity contribution is 5.92. The molecule has 0 aromatic rings. The van der Waals surface area contributed by atoms with Gasteiger partial charge in [0.1, 0.15) is 0 Å². The van der Waals surface area contributed by atoms with Gasteiger partial charge in [-0.05, 0) is 32.1 Å². The number of hydrogen-bond acceptors (Lipinski definition) is 2. The first-order valence-electron chi connectivity index (χ1n) is 5.76. The number of carbonyl (C=O) groups excluding carboxylic acids is 1. The summed E-state index contributed by atoms with van der Waals surface area (Å²) < 4.78 is 0. The molecule has 1 atom stereocenters. The Morgan fingerprint density at radius 3 is 2.93 bits per heavy atom. The number of hydrogen-bond donors (Lipinski definition) is 1. The number of carbonyl (C=O) groups is 1. The molecule has 3 nitrogen and oxygen atoms in total. The molecule has 1 unspecified atom stereocenters. The third kappa shape index (κ3) is 3.34. The summed E-state index contributed by atoms with van der Waals surface area (Å²) in [6, 6.07) is 0. The van der Waals surface area contributed by atoms with Crippen LogP contribution in [0.5, 0.6) is 0 Å². The third-order valence-corrected chi connectivity index (χ3v) is 2.96. The van der Waals surface area contributed by atoms with Crippen LogP contribution < -0.4 is 0 Å². The van der Waals surface area contributed by atoms with E-state index in [4.69, 9.17) is 5.11 Å². The van der Waals surface area contributed by atoms with E-state index in [1.54, 1.807) is 0 Å². The molecule has 1 fully saturated rings. The van der Waals surface area contributed by atoms with Crippen molar-refractivity contribution < 1.29 is 9.90 Å². The lowest BCUT2D eigenvalue weighted by atomic mass is 10.1. The van der Waals surface area contributed by atoms with Gasteiger partial charge in [0.15, 0.2) is 0 Å². The fourth-order valence-electron chi connectivity index (χ4n) is 2.08. The molecule has 1 amide bonds. The molecule has 1 rings (SSSR count). The molecule has 0 radical (unpaired) electrons. The third-order valence-electron chi connectivity index (χ3n) is 2.96. The molecule has 15 heavy (non-hydrogen) atoms. The first-order valence-corrected chi connectivity index (χ1v) is 5.76. The Kier molecular flexibility index (Phi) is 4.82. The Balaban J connectivity index is 2.46. The van der Waals surface area contributed by atoms with Crippen LogP contribution >= 0.6 is 0 Å². The highest BCUT2D eigenvalue weighted by atomic mass is 16.3. The smallest absolute Gasteiger partial charge is 0.249 e. The number of likely N-dealkylation sites (tertiary alicyclic amines) is 1. The Bertz CT molecular complexity index is 248. The summed E-state index contributed by atoms with van der Waals surface area (Å²) in [6.07, 6.45) is 4.74. The summed E-state index contributed by atoms with van der Waals surface area (Å²) in [6.45, 7) is 5.81. The largest absolute Gasteiger partial charge is 0.396 e. The van der Waals surface area contributed by atoms with Crippen LogP contribution in [0, 0.1) is 5.92 Å². The summed E-state index contributed by atoms with van der Waals surface area (Å²) in [5, 5.41) is 8.83. The maximum atomic E-state index is 11.9. The van der Waals surface area contributed by atoms with Crippen molar-refractivity contribution >= 4 is 5.91 Å². The van der Waals surface area contributed by atoms with E-state index in [1.165, 1.54) is 0 Å². The Hall–Kier alpha value is -0.830. The van der Waals surface area contributed by atoms with Gasteiger partial charge in [0.2, 0.25) is 5.91 Å². The van der Waals surface area contributed by atoms with E-state index in [9.17, 15) is 4.79 Å². The molecule has 1 heterocycles. The summed E-state index contributed by atoms with van der Waals surface area (Å²) in [5.41, 5.74) is 0.849. The van der Waals surface area contributed by atoms with Crippen LogP contribution in [0.15, 0.2) is 11.6 Å². The van der Waals surface area contributed by atoms with Gasteiger partial charge >= 0.3 is 0 Å². The van der Waals surface area contributed by atoms with Crippen LogP contribution in [-0.2, 0) is 4.79 Å². The molecule has 3 heteroatoms. The number of amides is 1. The zero-order chi connectivity index (χ0) is 11.3. The van der Waals surface area contributed by atoms with Gasteiger partial charge in [0, 0.05) is 25.3 Å². The highest BCUT2D eigenvalue weighted by Gasteiger charge is 2.25. The molecule has 1 N–H and O–H groups in total. The van der Waals surface area contributed by atoms with Crippen molar-refractivity contribution in [2.24, 2.45) is 5.92 Å². The van der Waals surface area contributed by atoms with Gasteiger partial charge in [0.05, 0.1) is 0 Å². The minimum Gasteiger partial charge on any atom is -0.396 e. The molecule has 1 saturated heterocycles. The lowest BCUT2D eigenvalue weighted by Gasteiger charge is -2.16. The minimum atomic E-state index is 0.164. The van der Waals surface area contributed by atoms with Gasteiger partial charge < -0.3 is 10.0 Å². The highest BCUT2D eigenvalue weighted by Crippen LogP contribution is 2.20. The first-order chi connectivity index (χ1) is 7.19. The predicted molar refractivity (Wildman–Crippen MR) is 60.4 cm³/mol. The summed E-state index contributed by atoms with van der Waals surface area (Å²) in [5.74, 6) is 0.658. The first kappa shape index (κ1) is 12.2. The number of aliphatic hydroxyl groups excluding tert-OH is 1. The molecule has 0 aliphatic carbocycles. The van der Waals surface area contributed by atoms with Crippen molar-refractivity contribution in [2.75, 3.05) is 19.7 Å². The van der Waals surface area contributed by atoms with Crippen molar-refractivity contribution in [3.63, 3.8) is 0 Å². The zero-order valence-electron chi connectivity index (χ0n) is 9.70. The lowest BCUT2D eigenvalue weighted by molar-refractivity contribution is -0.126. The van der Waals surface area contributed by atoms with Crippen LogP contribution in [0.3, 0.4) is 0 Å². The average molecular weight is 211 g/mol. The standard InChI is InChI=1S/C12H21NO2/c1-3-4-10(2)12(15)13-7-5-11(9-13)6-8-14/h4,11,14H,3,5-9H2,1-2H3/b10-4-. The van der Waals surface area contributed by atoms with Crippen LogP contribution in [0.1, 0.15) is 33.1 Å². The number of rotatable bonds is 4. The topological polar surface area (TPSA) is 40.5 Å². The molecule has 0 bridgehead atoms. The Morgan fingerprint density at radius 2 is 2.33 bits per heavy atom. The average Bonchev–Trinajstić information content (AvgIpc) is 2.66. The molecular weight excluding hydrogens is 190 g/mol. The fraction of sp³-hybridized carbons (Fsp3) is 0.750. The van der Waals surface area contributed by atoms with Crippen molar-refractivity contribution in [3.8, 4) is 0 Å². The van der Waals surface area contributed by atoms with Gasteiger partial charge in [0.25, 0.3) is 0 Å². The Labute approximate surface area is 91.8 Å². The second-order valence-corrected chi connectivity index (χ2v) is 4.21. The lowest BCUT2D eigenvalue weighted by Crippen LogP contribution is -2.29.